The molecule has 2 rings (SSSR count). The van der Waals surface area contributed by atoms with Crippen molar-refractivity contribution in [2.45, 2.75) is 71.4 Å². The largest absolute Gasteiger partial charge is 0.307 e. The van der Waals surface area contributed by atoms with E-state index in [0.29, 0.717) is 12.1 Å². The summed E-state index contributed by atoms with van der Waals surface area (Å²) in [6.45, 7) is 7.02. The monoisotopic (exact) mass is 307 g/mol. The van der Waals surface area contributed by atoms with Crippen molar-refractivity contribution in [3.63, 3.8) is 0 Å². The highest BCUT2D eigenvalue weighted by Gasteiger charge is 2.22. The van der Waals surface area contributed by atoms with Crippen LogP contribution in [0.4, 0.5) is 0 Å². The van der Waals surface area contributed by atoms with Gasteiger partial charge in [0.1, 0.15) is 0 Å². The average molecular weight is 308 g/mol. The van der Waals surface area contributed by atoms with Crippen LogP contribution in [-0.4, -0.2) is 6.04 Å². The topological polar surface area (TPSA) is 12.0 Å². The van der Waals surface area contributed by atoms with E-state index in [9.17, 15) is 0 Å². The van der Waals surface area contributed by atoms with Gasteiger partial charge in [-0.05, 0) is 55.2 Å². The third kappa shape index (κ3) is 5.00. The average Bonchev–Trinajstić information content (AvgIpc) is 2.71. The minimum Gasteiger partial charge on any atom is -0.307 e. The summed E-state index contributed by atoms with van der Waals surface area (Å²) in [5.74, 6) is 1.76. The maximum Gasteiger partial charge on any atom is 0.0406 e. The SMILES string of the molecule is CCC(NC1CCCC(C(C)C)CC1)c1ccc(Cl)cc1. The Morgan fingerprint density at radius 1 is 1.10 bits per heavy atom. The van der Waals surface area contributed by atoms with E-state index in [1.54, 1.807) is 0 Å². The summed E-state index contributed by atoms with van der Waals surface area (Å²) >= 11 is 6.00. The molecule has 118 valence electrons. The van der Waals surface area contributed by atoms with Gasteiger partial charge in [-0.15, -0.1) is 0 Å². The van der Waals surface area contributed by atoms with Crippen molar-refractivity contribution in [2.75, 3.05) is 0 Å². The number of halogens is 1. The molecular weight excluding hydrogens is 278 g/mol. The van der Waals surface area contributed by atoms with Crippen molar-refractivity contribution in [1.82, 2.24) is 5.32 Å². The van der Waals surface area contributed by atoms with E-state index < -0.39 is 0 Å². The lowest BCUT2D eigenvalue weighted by atomic mass is 9.89. The summed E-state index contributed by atoms with van der Waals surface area (Å²) in [4.78, 5) is 0. The van der Waals surface area contributed by atoms with Crippen LogP contribution in [0.1, 0.15) is 70.9 Å². The molecule has 0 saturated heterocycles. The van der Waals surface area contributed by atoms with Gasteiger partial charge in [0, 0.05) is 17.1 Å². The van der Waals surface area contributed by atoms with Crippen LogP contribution in [0.5, 0.6) is 0 Å². The van der Waals surface area contributed by atoms with Crippen LogP contribution < -0.4 is 5.32 Å². The Morgan fingerprint density at radius 2 is 1.81 bits per heavy atom. The van der Waals surface area contributed by atoms with E-state index >= 15 is 0 Å². The first-order valence-electron chi connectivity index (χ1n) is 8.61. The van der Waals surface area contributed by atoms with E-state index in [4.69, 9.17) is 11.6 Å². The zero-order valence-corrected chi connectivity index (χ0v) is 14.5. The molecule has 1 fully saturated rings. The Bertz CT molecular complexity index is 412. The van der Waals surface area contributed by atoms with Gasteiger partial charge in [-0.1, -0.05) is 57.3 Å². The van der Waals surface area contributed by atoms with Gasteiger partial charge in [0.15, 0.2) is 0 Å². The summed E-state index contributed by atoms with van der Waals surface area (Å²) in [5.41, 5.74) is 1.37. The second kappa shape index (κ2) is 8.19. The predicted octanol–water partition coefficient (Wildman–Crippen LogP) is 5.99. The van der Waals surface area contributed by atoms with Gasteiger partial charge in [-0.25, -0.2) is 0 Å². The Balaban J connectivity index is 1.94. The molecular formula is C19H30ClN. The molecule has 1 aromatic carbocycles. The molecule has 0 heterocycles. The number of hydrogen-bond donors (Lipinski definition) is 1. The van der Waals surface area contributed by atoms with Gasteiger partial charge in [0.05, 0.1) is 0 Å². The highest BCUT2D eigenvalue weighted by Crippen LogP contribution is 2.30. The number of rotatable bonds is 5. The minimum atomic E-state index is 0.461. The van der Waals surface area contributed by atoms with E-state index in [-0.39, 0.29) is 0 Å². The first kappa shape index (κ1) is 16.8. The maximum atomic E-state index is 6.00. The second-order valence-corrected chi connectivity index (χ2v) is 7.32. The molecule has 0 radical (unpaired) electrons. The van der Waals surface area contributed by atoms with Crippen LogP contribution in [0.15, 0.2) is 24.3 Å². The van der Waals surface area contributed by atoms with Crippen LogP contribution >= 0.6 is 11.6 Å². The molecule has 1 aliphatic carbocycles. The lowest BCUT2D eigenvalue weighted by molar-refractivity contribution is 0.333. The summed E-state index contributed by atoms with van der Waals surface area (Å²) in [5, 5.41) is 4.72. The minimum absolute atomic E-state index is 0.461. The normalized spacial score (nSPS) is 24.8. The Labute approximate surface area is 135 Å². The first-order chi connectivity index (χ1) is 10.1. The highest BCUT2D eigenvalue weighted by molar-refractivity contribution is 6.30. The fraction of sp³-hybridized carbons (Fsp3) is 0.684. The predicted molar refractivity (Wildman–Crippen MR) is 92.8 cm³/mol. The van der Waals surface area contributed by atoms with Gasteiger partial charge in [0.2, 0.25) is 0 Å². The van der Waals surface area contributed by atoms with Crippen molar-refractivity contribution in [1.29, 1.82) is 0 Å². The first-order valence-corrected chi connectivity index (χ1v) is 8.99. The molecule has 0 bridgehead atoms. The van der Waals surface area contributed by atoms with Crippen molar-refractivity contribution < 1.29 is 0 Å². The van der Waals surface area contributed by atoms with Crippen molar-refractivity contribution in [2.24, 2.45) is 11.8 Å². The number of benzene rings is 1. The fourth-order valence-corrected chi connectivity index (χ4v) is 3.72. The van der Waals surface area contributed by atoms with Crippen molar-refractivity contribution in [3.05, 3.63) is 34.9 Å². The summed E-state index contributed by atoms with van der Waals surface area (Å²) in [7, 11) is 0. The molecule has 1 nitrogen and oxygen atoms in total. The number of hydrogen-bond acceptors (Lipinski definition) is 1. The fourth-order valence-electron chi connectivity index (χ4n) is 3.59. The Morgan fingerprint density at radius 3 is 2.43 bits per heavy atom. The summed E-state index contributed by atoms with van der Waals surface area (Å²) in [6, 6.07) is 9.47. The quantitative estimate of drug-likeness (QED) is 0.659. The van der Waals surface area contributed by atoms with Crippen LogP contribution in [0.3, 0.4) is 0 Å². The third-order valence-electron chi connectivity index (χ3n) is 5.07. The molecule has 0 amide bonds. The lowest BCUT2D eigenvalue weighted by Gasteiger charge is -2.25. The molecule has 0 aromatic heterocycles. The van der Waals surface area contributed by atoms with Gasteiger partial charge in [-0.2, -0.15) is 0 Å². The molecule has 0 aliphatic heterocycles. The van der Waals surface area contributed by atoms with E-state index in [1.165, 1.54) is 37.7 Å². The molecule has 1 aliphatic rings. The molecule has 0 spiro atoms. The van der Waals surface area contributed by atoms with Crippen LogP contribution in [0.2, 0.25) is 5.02 Å². The van der Waals surface area contributed by atoms with Crippen molar-refractivity contribution >= 4 is 11.6 Å². The highest BCUT2D eigenvalue weighted by atomic mass is 35.5. The molecule has 1 saturated carbocycles. The zero-order valence-electron chi connectivity index (χ0n) is 13.7. The van der Waals surface area contributed by atoms with E-state index in [0.717, 1.165) is 23.3 Å². The van der Waals surface area contributed by atoms with Gasteiger partial charge >= 0.3 is 0 Å². The second-order valence-electron chi connectivity index (χ2n) is 6.89. The third-order valence-corrected chi connectivity index (χ3v) is 5.33. The van der Waals surface area contributed by atoms with Crippen LogP contribution in [-0.2, 0) is 0 Å². The smallest absolute Gasteiger partial charge is 0.0406 e. The molecule has 1 N–H and O–H groups in total. The molecule has 3 atom stereocenters. The van der Waals surface area contributed by atoms with E-state index in [2.05, 4.69) is 38.2 Å². The van der Waals surface area contributed by atoms with Gasteiger partial charge in [0.25, 0.3) is 0 Å². The van der Waals surface area contributed by atoms with E-state index in [1.807, 2.05) is 12.1 Å². The summed E-state index contributed by atoms with van der Waals surface area (Å²) < 4.78 is 0. The van der Waals surface area contributed by atoms with Crippen LogP contribution in [0, 0.1) is 11.8 Å². The molecule has 3 unspecified atom stereocenters. The molecule has 21 heavy (non-hydrogen) atoms. The van der Waals surface area contributed by atoms with Crippen molar-refractivity contribution in [3.8, 4) is 0 Å². The molecule has 1 aromatic rings. The van der Waals surface area contributed by atoms with Gasteiger partial charge < -0.3 is 5.32 Å². The van der Waals surface area contributed by atoms with Crippen LogP contribution in [0.25, 0.3) is 0 Å². The standard InChI is InChI=1S/C19H30ClN/c1-4-19(16-8-11-17(20)12-9-16)21-18-7-5-6-15(10-13-18)14(2)3/h8-9,11-12,14-15,18-19,21H,4-7,10,13H2,1-3H3. The number of nitrogens with one attached hydrogen (secondary N) is 1. The summed E-state index contributed by atoms with van der Waals surface area (Å²) in [6.07, 6.45) is 7.95. The van der Waals surface area contributed by atoms with Gasteiger partial charge in [-0.3, -0.25) is 0 Å². The lowest BCUT2D eigenvalue weighted by Crippen LogP contribution is -2.32. The Kier molecular flexibility index (Phi) is 6.57. The molecule has 2 heteroatoms. The Hall–Kier alpha value is -0.530. The zero-order chi connectivity index (χ0) is 15.2. The maximum absolute atomic E-state index is 6.00.